The lowest BCUT2D eigenvalue weighted by Gasteiger charge is -1.90. The van der Waals surface area contributed by atoms with Gasteiger partial charge >= 0.3 is 0 Å². The molecule has 1 aromatic heterocycles. The van der Waals surface area contributed by atoms with Gasteiger partial charge in [0.25, 0.3) is 0 Å². The summed E-state index contributed by atoms with van der Waals surface area (Å²) in [5, 5.41) is 7.09. The Labute approximate surface area is 73.9 Å². The molecular weight excluding hydrogens is 184 g/mol. The third-order valence-corrected chi connectivity index (χ3v) is 2.19. The van der Waals surface area contributed by atoms with Crippen molar-refractivity contribution in [3.8, 4) is 0 Å². The quantitative estimate of drug-likeness (QED) is 0.426. The molecule has 62 valence electrons. The molecule has 0 fully saturated rings. The minimum absolute atomic E-state index is 0.360. The number of nitrogens with zero attached hydrogens (tertiary/aromatic N) is 2. The number of nitrogen functional groups attached to an aromatic ring is 1. The number of nitrogens with two attached hydrogens (primary N) is 1. The molecule has 0 aliphatic rings. The fourth-order valence-corrected chi connectivity index (χ4v) is 1.58. The predicted molar refractivity (Wildman–Crippen MR) is 46.9 cm³/mol. The number of hydrogen-bond donors (Lipinski definition) is 2. The van der Waals surface area contributed by atoms with E-state index in [1.54, 1.807) is 11.8 Å². The van der Waals surface area contributed by atoms with Gasteiger partial charge in [-0.3, -0.25) is 0 Å². The van der Waals surface area contributed by atoms with Crippen molar-refractivity contribution in [2.75, 3.05) is 17.4 Å². The van der Waals surface area contributed by atoms with Crippen LogP contribution in [0.3, 0.4) is 0 Å². The number of anilines is 1. The molecule has 0 radical (unpaired) electrons. The van der Waals surface area contributed by atoms with Crippen LogP contribution in [0.5, 0.6) is 0 Å². The van der Waals surface area contributed by atoms with E-state index in [9.17, 15) is 0 Å². The molecule has 0 aliphatic carbocycles. The second kappa shape index (κ2) is 4.46. The Morgan fingerprint density at radius 1 is 1.64 bits per heavy atom. The van der Waals surface area contributed by atoms with Crippen LogP contribution in [0.15, 0.2) is 5.16 Å². The van der Waals surface area contributed by atoms with Crippen molar-refractivity contribution in [3.05, 3.63) is 0 Å². The summed E-state index contributed by atoms with van der Waals surface area (Å²) in [6.07, 6.45) is 0.959. The number of alkyl halides is 1. The zero-order chi connectivity index (χ0) is 8.10. The topological polar surface area (TPSA) is 67.6 Å². The van der Waals surface area contributed by atoms with Gasteiger partial charge in [0, 0.05) is 11.6 Å². The monoisotopic (exact) mass is 192 g/mol. The highest BCUT2D eigenvalue weighted by Crippen LogP contribution is 2.13. The van der Waals surface area contributed by atoms with Gasteiger partial charge in [0.15, 0.2) is 0 Å². The summed E-state index contributed by atoms with van der Waals surface area (Å²) in [4.78, 5) is 3.91. The van der Waals surface area contributed by atoms with Gasteiger partial charge in [0.2, 0.25) is 11.1 Å². The van der Waals surface area contributed by atoms with E-state index >= 15 is 0 Å². The van der Waals surface area contributed by atoms with Crippen molar-refractivity contribution >= 4 is 29.3 Å². The van der Waals surface area contributed by atoms with E-state index in [2.05, 4.69) is 15.2 Å². The molecule has 1 heterocycles. The Morgan fingerprint density at radius 3 is 3.00 bits per heavy atom. The van der Waals surface area contributed by atoms with Crippen LogP contribution < -0.4 is 5.73 Å². The molecule has 11 heavy (non-hydrogen) atoms. The summed E-state index contributed by atoms with van der Waals surface area (Å²) < 4.78 is 0. The Bertz CT molecular complexity index is 214. The van der Waals surface area contributed by atoms with Gasteiger partial charge in [-0.15, -0.1) is 16.7 Å². The lowest BCUT2D eigenvalue weighted by molar-refractivity contribution is 0.969. The first-order valence-corrected chi connectivity index (χ1v) is 4.71. The van der Waals surface area contributed by atoms with Crippen LogP contribution in [0.1, 0.15) is 6.42 Å². The van der Waals surface area contributed by atoms with Crippen molar-refractivity contribution in [1.29, 1.82) is 0 Å². The maximum atomic E-state index is 5.49. The maximum Gasteiger partial charge on any atom is 0.216 e. The highest BCUT2D eigenvalue weighted by Gasteiger charge is 1.98. The summed E-state index contributed by atoms with van der Waals surface area (Å²) in [5.41, 5.74) is 5.31. The zero-order valence-electron chi connectivity index (χ0n) is 5.88. The Balaban J connectivity index is 2.27. The molecule has 4 nitrogen and oxygen atoms in total. The summed E-state index contributed by atoms with van der Waals surface area (Å²) in [5.74, 6) is 1.96. The molecule has 0 saturated heterocycles. The smallest absolute Gasteiger partial charge is 0.216 e. The van der Waals surface area contributed by atoms with Gasteiger partial charge in [-0.05, 0) is 6.42 Å². The molecule has 6 heteroatoms. The number of aromatic nitrogens is 3. The molecule has 0 unspecified atom stereocenters. The van der Waals surface area contributed by atoms with E-state index in [0.29, 0.717) is 17.0 Å². The van der Waals surface area contributed by atoms with Crippen LogP contribution in [-0.2, 0) is 0 Å². The van der Waals surface area contributed by atoms with E-state index < -0.39 is 0 Å². The number of aromatic amines is 1. The Kier molecular flexibility index (Phi) is 3.51. The average molecular weight is 193 g/mol. The first-order chi connectivity index (χ1) is 5.33. The summed E-state index contributed by atoms with van der Waals surface area (Å²) >= 11 is 7.03. The second-order valence-corrected chi connectivity index (χ2v) is 3.33. The Hall–Kier alpha value is -0.420. The Morgan fingerprint density at radius 2 is 2.45 bits per heavy atom. The number of nitrogens with one attached hydrogen (secondary N) is 1. The molecule has 1 rings (SSSR count). The van der Waals surface area contributed by atoms with Crippen molar-refractivity contribution in [2.24, 2.45) is 0 Å². The van der Waals surface area contributed by atoms with Crippen LogP contribution in [0.25, 0.3) is 0 Å². The highest BCUT2D eigenvalue weighted by molar-refractivity contribution is 7.99. The number of H-pyrrole nitrogens is 1. The van der Waals surface area contributed by atoms with Crippen LogP contribution in [0.2, 0.25) is 0 Å². The zero-order valence-corrected chi connectivity index (χ0v) is 7.45. The second-order valence-electron chi connectivity index (χ2n) is 1.89. The first kappa shape index (κ1) is 8.67. The van der Waals surface area contributed by atoms with Gasteiger partial charge in [0.1, 0.15) is 0 Å². The fraction of sp³-hybridized carbons (Fsp3) is 0.600. The van der Waals surface area contributed by atoms with Gasteiger partial charge in [-0.1, -0.05) is 11.8 Å². The van der Waals surface area contributed by atoms with Crippen molar-refractivity contribution in [2.45, 2.75) is 11.6 Å². The molecule has 1 aromatic rings. The third kappa shape index (κ3) is 2.98. The van der Waals surface area contributed by atoms with Gasteiger partial charge < -0.3 is 5.73 Å². The minimum Gasteiger partial charge on any atom is -0.368 e. The lowest BCUT2D eigenvalue weighted by Crippen LogP contribution is -1.85. The van der Waals surface area contributed by atoms with E-state index in [-0.39, 0.29) is 0 Å². The third-order valence-electron chi connectivity index (χ3n) is 0.991. The summed E-state index contributed by atoms with van der Waals surface area (Å²) in [6, 6.07) is 0. The van der Waals surface area contributed by atoms with Gasteiger partial charge in [0.05, 0.1) is 0 Å². The van der Waals surface area contributed by atoms with Crippen LogP contribution in [0.4, 0.5) is 5.95 Å². The van der Waals surface area contributed by atoms with E-state index in [4.69, 9.17) is 17.3 Å². The minimum atomic E-state index is 0.360. The highest BCUT2D eigenvalue weighted by atomic mass is 35.5. The standard InChI is InChI=1S/C5H9ClN4S/c6-2-1-3-11-5-8-4(7)9-10-5/h1-3H2,(H3,7,8,9,10). The van der Waals surface area contributed by atoms with E-state index in [0.717, 1.165) is 12.2 Å². The molecule has 0 aliphatic heterocycles. The molecular formula is C5H9ClN4S. The fourth-order valence-electron chi connectivity index (χ4n) is 0.541. The van der Waals surface area contributed by atoms with Crippen molar-refractivity contribution in [1.82, 2.24) is 15.2 Å². The molecule has 3 N–H and O–H groups in total. The van der Waals surface area contributed by atoms with Gasteiger partial charge in [-0.2, -0.15) is 4.98 Å². The average Bonchev–Trinajstić information content (AvgIpc) is 2.37. The predicted octanol–water partition coefficient (Wildman–Crippen LogP) is 1.11. The van der Waals surface area contributed by atoms with E-state index in [1.165, 1.54) is 0 Å². The van der Waals surface area contributed by atoms with Crippen LogP contribution in [0, 0.1) is 0 Å². The first-order valence-electron chi connectivity index (χ1n) is 3.19. The number of halogens is 1. The van der Waals surface area contributed by atoms with Crippen molar-refractivity contribution in [3.63, 3.8) is 0 Å². The number of rotatable bonds is 4. The molecule has 0 saturated carbocycles. The van der Waals surface area contributed by atoms with Crippen LogP contribution >= 0.6 is 23.4 Å². The van der Waals surface area contributed by atoms with E-state index in [1.807, 2.05) is 0 Å². The number of thioether (sulfide) groups is 1. The summed E-state index contributed by atoms with van der Waals surface area (Å²) in [6.45, 7) is 0. The molecule has 0 aromatic carbocycles. The molecule has 0 amide bonds. The molecule has 0 spiro atoms. The van der Waals surface area contributed by atoms with Crippen LogP contribution in [-0.4, -0.2) is 26.8 Å². The normalized spacial score (nSPS) is 10.3. The molecule has 0 bridgehead atoms. The van der Waals surface area contributed by atoms with Gasteiger partial charge in [-0.25, -0.2) is 5.10 Å². The lowest BCUT2D eigenvalue weighted by atomic mass is 10.6. The maximum absolute atomic E-state index is 5.49. The summed E-state index contributed by atoms with van der Waals surface area (Å²) in [7, 11) is 0. The SMILES string of the molecule is Nc1nc(SCCCCl)n[nH]1. The largest absolute Gasteiger partial charge is 0.368 e. The van der Waals surface area contributed by atoms with Crippen molar-refractivity contribution < 1.29 is 0 Å². The number of hydrogen-bond acceptors (Lipinski definition) is 4. The molecule has 0 atom stereocenters.